The molecule has 2 heteroatoms. The molecule has 0 aromatic carbocycles. The van der Waals surface area contributed by atoms with E-state index in [2.05, 4.69) is 53.7 Å². The van der Waals surface area contributed by atoms with Gasteiger partial charge in [0.1, 0.15) is 5.78 Å². The zero-order valence-corrected chi connectivity index (χ0v) is 23.7. The molecular weight excluding hydrogens is 416 g/mol. The van der Waals surface area contributed by atoms with Gasteiger partial charge in [0.2, 0.25) is 0 Å². The summed E-state index contributed by atoms with van der Waals surface area (Å²) in [5.74, 6) is 3.19. The predicted octanol–water partition coefficient (Wildman–Crippen LogP) is 9.61. The molecule has 0 aromatic rings. The highest BCUT2D eigenvalue weighted by molar-refractivity contribution is 5.82. The lowest BCUT2D eigenvalue weighted by Gasteiger charge is -2.15. The second kappa shape index (κ2) is 18.4. The largest absolute Gasteiger partial charge is 0.393 e. The van der Waals surface area contributed by atoms with E-state index < -0.39 is 0 Å². The van der Waals surface area contributed by atoms with E-state index in [0.717, 1.165) is 56.8 Å². The van der Waals surface area contributed by atoms with Crippen molar-refractivity contribution in [2.45, 2.75) is 150 Å². The summed E-state index contributed by atoms with van der Waals surface area (Å²) in [6.07, 6.45) is 23.6. The minimum atomic E-state index is -0.0405. The van der Waals surface area contributed by atoms with Crippen LogP contribution in [0.1, 0.15) is 144 Å². The Kier molecular flexibility index (Phi) is 16.8. The van der Waals surface area contributed by atoms with Crippen molar-refractivity contribution < 1.29 is 9.90 Å². The second-order valence-corrected chi connectivity index (χ2v) is 11.7. The molecule has 198 valence electrons. The van der Waals surface area contributed by atoms with E-state index in [0.29, 0.717) is 17.6 Å². The van der Waals surface area contributed by atoms with Crippen molar-refractivity contribution >= 4 is 5.78 Å². The first kappa shape index (κ1) is 31.1. The Hall–Kier alpha value is -0.890. The monoisotopic (exact) mass is 474 g/mol. The SMILES string of the molecule is CC/C(C)=C/CC/C(C)=C/CC1CCCC1O.CCC(C)CCCC(C)CCC1CCCC1=O. The lowest BCUT2D eigenvalue weighted by molar-refractivity contribution is -0.120. The van der Waals surface area contributed by atoms with Crippen LogP contribution in [0, 0.1) is 23.7 Å². The number of rotatable bonds is 14. The number of aliphatic hydroxyl groups excluding tert-OH is 1. The van der Waals surface area contributed by atoms with Crippen molar-refractivity contribution in [3.8, 4) is 0 Å². The van der Waals surface area contributed by atoms with E-state index in [9.17, 15) is 9.90 Å². The van der Waals surface area contributed by atoms with Gasteiger partial charge in [0.25, 0.3) is 0 Å². The van der Waals surface area contributed by atoms with Crippen molar-refractivity contribution in [1.29, 1.82) is 0 Å². The Morgan fingerprint density at radius 2 is 1.71 bits per heavy atom. The van der Waals surface area contributed by atoms with E-state index in [1.807, 2.05) is 0 Å². The number of Topliss-reactive ketones (excluding diaryl/α,β-unsaturated/α-hetero) is 1. The van der Waals surface area contributed by atoms with Crippen LogP contribution in [0.15, 0.2) is 23.3 Å². The maximum atomic E-state index is 11.5. The van der Waals surface area contributed by atoms with Crippen LogP contribution in [-0.4, -0.2) is 17.0 Å². The molecule has 2 rings (SSSR count). The average Bonchev–Trinajstić information content (AvgIpc) is 3.43. The van der Waals surface area contributed by atoms with Crippen LogP contribution >= 0.6 is 0 Å². The molecule has 5 unspecified atom stereocenters. The Bertz CT molecular complexity index is 602. The molecule has 0 aliphatic heterocycles. The first-order valence-electron chi connectivity index (χ1n) is 14.8. The van der Waals surface area contributed by atoms with Crippen LogP contribution in [0.2, 0.25) is 0 Å². The first-order chi connectivity index (χ1) is 16.3. The standard InChI is InChI=1S/C16H30O.C16H28O/c2*1-4-13(2)7-5-8-14(3)11-12-15-9-6-10-16(15)17/h13-15H,4-12H2,1-3H3;7,11,15-17H,4-6,8-10,12H2,1-3H3/b;13-7+,14-11+. The summed E-state index contributed by atoms with van der Waals surface area (Å²) in [4.78, 5) is 11.5. The topological polar surface area (TPSA) is 37.3 Å². The van der Waals surface area contributed by atoms with Crippen molar-refractivity contribution in [3.63, 3.8) is 0 Å². The molecule has 2 saturated carbocycles. The molecule has 2 aliphatic carbocycles. The maximum absolute atomic E-state index is 11.5. The zero-order valence-electron chi connectivity index (χ0n) is 23.7. The molecule has 5 atom stereocenters. The van der Waals surface area contributed by atoms with Crippen molar-refractivity contribution in [1.82, 2.24) is 0 Å². The van der Waals surface area contributed by atoms with Gasteiger partial charge in [0.05, 0.1) is 6.10 Å². The summed E-state index contributed by atoms with van der Waals surface area (Å²) >= 11 is 0. The minimum absolute atomic E-state index is 0.0405. The Morgan fingerprint density at radius 1 is 0.971 bits per heavy atom. The highest BCUT2D eigenvalue weighted by Gasteiger charge is 2.24. The molecule has 0 amide bonds. The van der Waals surface area contributed by atoms with Crippen LogP contribution in [-0.2, 0) is 4.79 Å². The van der Waals surface area contributed by atoms with Gasteiger partial charge >= 0.3 is 0 Å². The Balaban J connectivity index is 0.000000340. The van der Waals surface area contributed by atoms with Gasteiger partial charge in [0.15, 0.2) is 0 Å². The van der Waals surface area contributed by atoms with E-state index in [1.165, 1.54) is 68.9 Å². The van der Waals surface area contributed by atoms with Crippen LogP contribution in [0.25, 0.3) is 0 Å². The molecule has 0 bridgehead atoms. The van der Waals surface area contributed by atoms with Gasteiger partial charge in [-0.25, -0.2) is 0 Å². The van der Waals surface area contributed by atoms with E-state index in [-0.39, 0.29) is 6.10 Å². The van der Waals surface area contributed by atoms with Crippen LogP contribution in [0.4, 0.5) is 0 Å². The highest BCUT2D eigenvalue weighted by Crippen LogP contribution is 2.29. The average molecular weight is 475 g/mol. The lowest BCUT2D eigenvalue weighted by Crippen LogP contribution is -2.11. The molecule has 1 N–H and O–H groups in total. The minimum Gasteiger partial charge on any atom is -0.393 e. The quantitative estimate of drug-likeness (QED) is 0.254. The number of hydrogen-bond acceptors (Lipinski definition) is 2. The summed E-state index contributed by atoms with van der Waals surface area (Å²) in [5.41, 5.74) is 2.97. The fourth-order valence-electron chi connectivity index (χ4n) is 5.28. The number of allylic oxidation sites excluding steroid dienone is 4. The number of aliphatic hydroxyl groups is 1. The molecular formula is C32H58O2. The van der Waals surface area contributed by atoms with E-state index in [1.54, 1.807) is 0 Å². The van der Waals surface area contributed by atoms with Crippen LogP contribution in [0.5, 0.6) is 0 Å². The number of hydrogen-bond donors (Lipinski definition) is 1. The van der Waals surface area contributed by atoms with Gasteiger partial charge in [-0.05, 0) is 89.4 Å². The summed E-state index contributed by atoms with van der Waals surface area (Å²) in [7, 11) is 0. The fraction of sp³-hybridized carbons (Fsp3) is 0.844. The van der Waals surface area contributed by atoms with Crippen molar-refractivity contribution in [3.05, 3.63) is 23.3 Å². The van der Waals surface area contributed by atoms with Gasteiger partial charge in [-0.2, -0.15) is 0 Å². The third-order valence-corrected chi connectivity index (χ3v) is 8.51. The first-order valence-corrected chi connectivity index (χ1v) is 14.8. The number of carbonyl (C=O) groups is 1. The van der Waals surface area contributed by atoms with Crippen LogP contribution < -0.4 is 0 Å². The van der Waals surface area contributed by atoms with Gasteiger partial charge in [0, 0.05) is 12.3 Å². The normalized spacial score (nSPS) is 25.3. The zero-order chi connectivity index (χ0) is 25.3. The molecule has 0 heterocycles. The van der Waals surface area contributed by atoms with E-state index in [4.69, 9.17) is 0 Å². The van der Waals surface area contributed by atoms with Gasteiger partial charge in [-0.1, -0.05) is 89.5 Å². The second-order valence-electron chi connectivity index (χ2n) is 11.7. The molecule has 0 aromatic heterocycles. The third-order valence-electron chi connectivity index (χ3n) is 8.51. The molecule has 34 heavy (non-hydrogen) atoms. The van der Waals surface area contributed by atoms with E-state index >= 15 is 0 Å². The summed E-state index contributed by atoms with van der Waals surface area (Å²) in [6, 6.07) is 0. The molecule has 0 radical (unpaired) electrons. The summed E-state index contributed by atoms with van der Waals surface area (Å²) < 4.78 is 0. The maximum Gasteiger partial charge on any atom is 0.135 e. The summed E-state index contributed by atoms with van der Waals surface area (Å²) in [5, 5.41) is 9.74. The van der Waals surface area contributed by atoms with Crippen molar-refractivity contribution in [2.75, 3.05) is 0 Å². The predicted molar refractivity (Wildman–Crippen MR) is 149 cm³/mol. The Labute approximate surface area is 213 Å². The van der Waals surface area contributed by atoms with Gasteiger partial charge < -0.3 is 5.11 Å². The smallest absolute Gasteiger partial charge is 0.135 e. The molecule has 2 fully saturated rings. The van der Waals surface area contributed by atoms with Crippen molar-refractivity contribution in [2.24, 2.45) is 23.7 Å². The number of ketones is 1. The van der Waals surface area contributed by atoms with Gasteiger partial charge in [-0.15, -0.1) is 0 Å². The molecule has 0 saturated heterocycles. The molecule has 2 aliphatic rings. The Morgan fingerprint density at radius 3 is 2.29 bits per heavy atom. The summed E-state index contributed by atoms with van der Waals surface area (Å²) in [6.45, 7) is 13.6. The lowest BCUT2D eigenvalue weighted by atomic mass is 9.90. The number of carbonyl (C=O) groups excluding carboxylic acids is 1. The van der Waals surface area contributed by atoms with Crippen LogP contribution in [0.3, 0.4) is 0 Å². The third kappa shape index (κ3) is 13.9. The van der Waals surface area contributed by atoms with Gasteiger partial charge in [-0.3, -0.25) is 4.79 Å². The molecule has 2 nitrogen and oxygen atoms in total. The molecule has 0 spiro atoms. The fourth-order valence-corrected chi connectivity index (χ4v) is 5.28. The highest BCUT2D eigenvalue weighted by atomic mass is 16.3.